The molecule has 3 unspecified atom stereocenters. The number of hydrogen-bond acceptors (Lipinski definition) is 2. The van der Waals surface area contributed by atoms with Crippen LogP contribution in [-0.4, -0.2) is 18.2 Å². The lowest BCUT2D eigenvalue weighted by Gasteiger charge is -2.61. The SMILES string of the molecule is CC(C)CCC1O[C@H]2C[C@H]3[C@@H]4CCC5CC(N)CC[C@]5(C)[C@H]4CC[C@]3(C)[C@H]2[C@@H]1C. The molecule has 5 rings (SSSR count). The van der Waals surface area contributed by atoms with Crippen LogP contribution in [0.2, 0.25) is 0 Å². The molecule has 2 nitrogen and oxygen atoms in total. The van der Waals surface area contributed by atoms with Gasteiger partial charge in [-0.25, -0.2) is 0 Å². The van der Waals surface area contributed by atoms with Crippen molar-refractivity contribution in [2.75, 3.05) is 0 Å². The van der Waals surface area contributed by atoms with Crippen LogP contribution in [0.1, 0.15) is 98.8 Å². The molecule has 0 aromatic rings. The van der Waals surface area contributed by atoms with Gasteiger partial charge in [0.2, 0.25) is 0 Å². The summed E-state index contributed by atoms with van der Waals surface area (Å²) in [6.45, 7) is 12.6. The molecule has 11 atom stereocenters. The van der Waals surface area contributed by atoms with E-state index in [1.165, 1.54) is 64.2 Å². The molecular formula is C27H47NO. The van der Waals surface area contributed by atoms with Crippen molar-refractivity contribution >= 4 is 0 Å². The fourth-order valence-corrected chi connectivity index (χ4v) is 9.81. The first kappa shape index (κ1) is 20.8. The fraction of sp³-hybridized carbons (Fsp3) is 1.00. The second-order valence-corrected chi connectivity index (χ2v) is 13.0. The Balaban J connectivity index is 1.35. The van der Waals surface area contributed by atoms with Crippen LogP contribution in [0.3, 0.4) is 0 Å². The van der Waals surface area contributed by atoms with E-state index in [4.69, 9.17) is 10.5 Å². The summed E-state index contributed by atoms with van der Waals surface area (Å²) >= 11 is 0. The molecule has 0 spiro atoms. The third-order valence-corrected chi connectivity index (χ3v) is 11.3. The zero-order chi connectivity index (χ0) is 20.6. The van der Waals surface area contributed by atoms with Crippen molar-refractivity contribution in [1.82, 2.24) is 0 Å². The quantitative estimate of drug-likeness (QED) is 0.592. The molecule has 1 heterocycles. The van der Waals surface area contributed by atoms with Crippen LogP contribution in [0, 0.1) is 52.3 Å². The van der Waals surface area contributed by atoms with Crippen molar-refractivity contribution < 1.29 is 4.74 Å². The van der Waals surface area contributed by atoms with Crippen molar-refractivity contribution in [1.29, 1.82) is 0 Å². The van der Waals surface area contributed by atoms with Gasteiger partial charge in [0, 0.05) is 6.04 Å². The summed E-state index contributed by atoms with van der Waals surface area (Å²) in [4.78, 5) is 0. The Kier molecular flexibility index (Phi) is 5.18. The van der Waals surface area contributed by atoms with Crippen LogP contribution in [0.4, 0.5) is 0 Å². The smallest absolute Gasteiger partial charge is 0.0618 e. The fourth-order valence-electron chi connectivity index (χ4n) is 9.81. The van der Waals surface area contributed by atoms with Crippen molar-refractivity contribution in [3.05, 3.63) is 0 Å². The van der Waals surface area contributed by atoms with Crippen LogP contribution >= 0.6 is 0 Å². The highest BCUT2D eigenvalue weighted by Crippen LogP contribution is 2.70. The summed E-state index contributed by atoms with van der Waals surface area (Å²) in [6.07, 6.45) is 14.9. The minimum Gasteiger partial charge on any atom is -0.374 e. The number of ether oxygens (including phenoxy) is 1. The van der Waals surface area contributed by atoms with Crippen molar-refractivity contribution in [3.63, 3.8) is 0 Å². The van der Waals surface area contributed by atoms with Crippen molar-refractivity contribution in [3.8, 4) is 0 Å². The molecule has 29 heavy (non-hydrogen) atoms. The maximum atomic E-state index is 6.81. The van der Waals surface area contributed by atoms with Gasteiger partial charge in [0.15, 0.2) is 0 Å². The average Bonchev–Trinajstić information content (AvgIpc) is 3.14. The molecule has 0 bridgehead atoms. The minimum absolute atomic E-state index is 0.473. The van der Waals surface area contributed by atoms with E-state index in [1.807, 2.05) is 0 Å². The van der Waals surface area contributed by atoms with Gasteiger partial charge in [-0.05, 0) is 116 Å². The van der Waals surface area contributed by atoms with Gasteiger partial charge in [0.05, 0.1) is 12.2 Å². The number of nitrogens with two attached hydrogens (primary N) is 1. The zero-order valence-corrected chi connectivity index (χ0v) is 19.8. The Morgan fingerprint density at radius 1 is 0.966 bits per heavy atom. The van der Waals surface area contributed by atoms with Gasteiger partial charge in [0.1, 0.15) is 0 Å². The molecule has 1 saturated heterocycles. The van der Waals surface area contributed by atoms with Gasteiger partial charge in [-0.3, -0.25) is 0 Å². The summed E-state index contributed by atoms with van der Waals surface area (Å²) in [6, 6.07) is 0.473. The van der Waals surface area contributed by atoms with Crippen LogP contribution in [-0.2, 0) is 4.74 Å². The Bertz CT molecular complexity index is 618. The molecule has 0 aromatic heterocycles. The Labute approximate surface area is 180 Å². The maximum Gasteiger partial charge on any atom is 0.0618 e. The van der Waals surface area contributed by atoms with E-state index in [0.717, 1.165) is 41.4 Å². The average molecular weight is 402 g/mol. The first-order valence-corrected chi connectivity index (χ1v) is 13.1. The normalized spacial score (nSPS) is 56.6. The molecule has 0 radical (unpaired) electrons. The molecule has 2 heteroatoms. The lowest BCUT2D eigenvalue weighted by Crippen LogP contribution is -2.55. The van der Waals surface area contributed by atoms with Crippen LogP contribution in [0.25, 0.3) is 0 Å². The minimum atomic E-state index is 0.473. The summed E-state index contributed by atoms with van der Waals surface area (Å²) in [5.74, 6) is 6.09. The standard InChI is InChI=1S/C27H47NO/c1-16(2)6-9-23-17(3)25-24(29-23)15-22-20-8-7-18-14-19(28)10-12-26(18,4)21(20)11-13-27(22,25)5/h16-25H,6-15,28H2,1-5H3/t17-,18?,19?,20-,21+,22+,23?,24+,25+,26+,27+/m1/s1. The lowest BCUT2D eigenvalue weighted by atomic mass is 9.44. The highest BCUT2D eigenvalue weighted by molar-refractivity contribution is 5.14. The molecule has 4 saturated carbocycles. The van der Waals surface area contributed by atoms with Gasteiger partial charge in [-0.15, -0.1) is 0 Å². The summed E-state index contributed by atoms with van der Waals surface area (Å²) < 4.78 is 6.81. The van der Waals surface area contributed by atoms with Crippen molar-refractivity contribution in [2.45, 2.75) is 117 Å². The summed E-state index contributed by atoms with van der Waals surface area (Å²) in [5, 5.41) is 0. The largest absolute Gasteiger partial charge is 0.374 e. The molecule has 0 aromatic carbocycles. The topological polar surface area (TPSA) is 35.2 Å². The molecule has 5 aliphatic rings. The Hall–Kier alpha value is -0.0800. The van der Waals surface area contributed by atoms with E-state index in [-0.39, 0.29) is 0 Å². The molecular weight excluding hydrogens is 354 g/mol. The van der Waals surface area contributed by atoms with E-state index in [0.29, 0.717) is 29.1 Å². The third-order valence-electron chi connectivity index (χ3n) is 11.3. The first-order chi connectivity index (χ1) is 13.7. The predicted octanol–water partition coefficient (Wildman–Crippen LogP) is 6.42. The lowest BCUT2D eigenvalue weighted by molar-refractivity contribution is -0.117. The number of fused-ring (bicyclic) bond motifs is 7. The van der Waals surface area contributed by atoms with Gasteiger partial charge in [0.25, 0.3) is 0 Å². The van der Waals surface area contributed by atoms with E-state index in [2.05, 4.69) is 34.6 Å². The highest BCUT2D eigenvalue weighted by atomic mass is 16.5. The summed E-state index contributed by atoms with van der Waals surface area (Å²) in [7, 11) is 0. The molecule has 166 valence electrons. The first-order valence-electron chi connectivity index (χ1n) is 13.1. The maximum absolute atomic E-state index is 6.81. The van der Waals surface area contributed by atoms with Crippen LogP contribution < -0.4 is 5.73 Å². The monoisotopic (exact) mass is 401 g/mol. The molecule has 2 N–H and O–H groups in total. The van der Waals surface area contributed by atoms with E-state index in [1.54, 1.807) is 0 Å². The van der Waals surface area contributed by atoms with Gasteiger partial charge < -0.3 is 10.5 Å². The van der Waals surface area contributed by atoms with E-state index < -0.39 is 0 Å². The third kappa shape index (κ3) is 3.09. The predicted molar refractivity (Wildman–Crippen MR) is 120 cm³/mol. The van der Waals surface area contributed by atoms with Gasteiger partial charge >= 0.3 is 0 Å². The molecule has 5 fully saturated rings. The second kappa shape index (κ2) is 7.22. The Morgan fingerprint density at radius 3 is 2.48 bits per heavy atom. The second-order valence-electron chi connectivity index (χ2n) is 13.0. The van der Waals surface area contributed by atoms with Crippen molar-refractivity contribution in [2.24, 2.45) is 58.0 Å². The highest BCUT2D eigenvalue weighted by Gasteiger charge is 2.65. The van der Waals surface area contributed by atoms with Crippen LogP contribution in [0.5, 0.6) is 0 Å². The molecule has 0 amide bonds. The van der Waals surface area contributed by atoms with Gasteiger partial charge in [-0.1, -0.05) is 34.6 Å². The van der Waals surface area contributed by atoms with Gasteiger partial charge in [-0.2, -0.15) is 0 Å². The number of rotatable bonds is 3. The van der Waals surface area contributed by atoms with E-state index in [9.17, 15) is 0 Å². The number of hydrogen-bond donors (Lipinski definition) is 1. The molecule has 1 aliphatic heterocycles. The molecule has 4 aliphatic carbocycles. The zero-order valence-electron chi connectivity index (χ0n) is 19.8. The Morgan fingerprint density at radius 2 is 1.72 bits per heavy atom. The van der Waals surface area contributed by atoms with E-state index >= 15 is 0 Å². The van der Waals surface area contributed by atoms with Crippen LogP contribution in [0.15, 0.2) is 0 Å². The summed E-state index contributed by atoms with van der Waals surface area (Å²) in [5.41, 5.74) is 7.50.